The molecule has 0 aromatic heterocycles. The SMILES string of the molecule is O=C1CCCc2ccc(Cl)cc2N1. The van der Waals surface area contributed by atoms with Crippen molar-refractivity contribution < 1.29 is 4.79 Å². The van der Waals surface area contributed by atoms with Gasteiger partial charge in [-0.25, -0.2) is 0 Å². The van der Waals surface area contributed by atoms with E-state index >= 15 is 0 Å². The van der Waals surface area contributed by atoms with E-state index < -0.39 is 0 Å². The van der Waals surface area contributed by atoms with E-state index in [1.807, 2.05) is 12.1 Å². The van der Waals surface area contributed by atoms with Crippen LogP contribution in [-0.4, -0.2) is 5.91 Å². The summed E-state index contributed by atoms with van der Waals surface area (Å²) < 4.78 is 0. The zero-order valence-corrected chi connectivity index (χ0v) is 7.90. The van der Waals surface area contributed by atoms with Gasteiger partial charge in [-0.1, -0.05) is 17.7 Å². The lowest BCUT2D eigenvalue weighted by Crippen LogP contribution is -2.08. The Hall–Kier alpha value is -1.02. The van der Waals surface area contributed by atoms with Crippen molar-refractivity contribution in [2.75, 3.05) is 5.32 Å². The van der Waals surface area contributed by atoms with Gasteiger partial charge in [0.15, 0.2) is 0 Å². The molecule has 1 amide bonds. The molecule has 0 radical (unpaired) electrons. The Morgan fingerprint density at radius 3 is 3.00 bits per heavy atom. The summed E-state index contributed by atoms with van der Waals surface area (Å²) in [7, 11) is 0. The summed E-state index contributed by atoms with van der Waals surface area (Å²) in [6.07, 6.45) is 2.47. The molecule has 0 bridgehead atoms. The second-order valence-corrected chi connectivity index (χ2v) is 3.64. The molecular weight excluding hydrogens is 186 g/mol. The van der Waals surface area contributed by atoms with Crippen LogP contribution in [0.5, 0.6) is 0 Å². The number of hydrogen-bond donors (Lipinski definition) is 1. The molecule has 0 saturated heterocycles. The lowest BCUT2D eigenvalue weighted by molar-refractivity contribution is -0.116. The first-order valence-electron chi connectivity index (χ1n) is 4.34. The normalized spacial score (nSPS) is 15.9. The molecule has 2 rings (SSSR count). The summed E-state index contributed by atoms with van der Waals surface area (Å²) in [5.74, 6) is 0.0843. The van der Waals surface area contributed by atoms with Crippen molar-refractivity contribution in [1.29, 1.82) is 0 Å². The van der Waals surface area contributed by atoms with E-state index in [-0.39, 0.29) is 5.91 Å². The third-order valence-corrected chi connectivity index (χ3v) is 2.43. The van der Waals surface area contributed by atoms with Crippen molar-refractivity contribution >= 4 is 23.2 Å². The van der Waals surface area contributed by atoms with Gasteiger partial charge in [-0.05, 0) is 30.5 Å². The van der Waals surface area contributed by atoms with Crippen molar-refractivity contribution in [2.24, 2.45) is 0 Å². The molecule has 0 fully saturated rings. The third-order valence-electron chi connectivity index (χ3n) is 2.20. The molecule has 1 aliphatic rings. The first kappa shape index (κ1) is 8.57. The van der Waals surface area contributed by atoms with Gasteiger partial charge < -0.3 is 5.32 Å². The van der Waals surface area contributed by atoms with Crippen molar-refractivity contribution in [2.45, 2.75) is 19.3 Å². The van der Waals surface area contributed by atoms with Gasteiger partial charge in [0.1, 0.15) is 0 Å². The highest BCUT2D eigenvalue weighted by Gasteiger charge is 2.12. The maximum atomic E-state index is 11.2. The predicted molar refractivity (Wildman–Crippen MR) is 53.0 cm³/mol. The van der Waals surface area contributed by atoms with E-state index in [0.717, 1.165) is 18.5 Å². The van der Waals surface area contributed by atoms with Crippen LogP contribution in [0.3, 0.4) is 0 Å². The number of carbonyl (C=O) groups is 1. The van der Waals surface area contributed by atoms with E-state index in [1.165, 1.54) is 5.56 Å². The summed E-state index contributed by atoms with van der Waals surface area (Å²) >= 11 is 5.83. The summed E-state index contributed by atoms with van der Waals surface area (Å²) in [5, 5.41) is 3.51. The largest absolute Gasteiger partial charge is 0.326 e. The summed E-state index contributed by atoms with van der Waals surface area (Å²) in [6.45, 7) is 0. The van der Waals surface area contributed by atoms with E-state index in [1.54, 1.807) is 6.07 Å². The molecule has 13 heavy (non-hydrogen) atoms. The fourth-order valence-electron chi connectivity index (χ4n) is 1.54. The highest BCUT2D eigenvalue weighted by atomic mass is 35.5. The lowest BCUT2D eigenvalue weighted by atomic mass is 10.1. The average molecular weight is 196 g/mol. The maximum Gasteiger partial charge on any atom is 0.224 e. The fourth-order valence-corrected chi connectivity index (χ4v) is 1.71. The number of fused-ring (bicyclic) bond motifs is 1. The number of carbonyl (C=O) groups excluding carboxylic acids is 1. The molecule has 0 spiro atoms. The minimum atomic E-state index is 0.0843. The number of amides is 1. The number of halogens is 1. The third kappa shape index (κ3) is 1.83. The van der Waals surface area contributed by atoms with Gasteiger partial charge in [0.05, 0.1) is 0 Å². The second kappa shape index (κ2) is 3.38. The topological polar surface area (TPSA) is 29.1 Å². The first-order valence-corrected chi connectivity index (χ1v) is 4.72. The van der Waals surface area contributed by atoms with E-state index in [2.05, 4.69) is 5.32 Å². The van der Waals surface area contributed by atoms with Gasteiger partial charge in [-0.2, -0.15) is 0 Å². The fraction of sp³-hybridized carbons (Fsp3) is 0.300. The monoisotopic (exact) mass is 195 g/mol. The van der Waals surface area contributed by atoms with Crippen LogP contribution in [-0.2, 0) is 11.2 Å². The first-order chi connectivity index (χ1) is 6.25. The van der Waals surface area contributed by atoms with Crippen LogP contribution in [0, 0.1) is 0 Å². The van der Waals surface area contributed by atoms with Gasteiger partial charge in [-0.3, -0.25) is 4.79 Å². The van der Waals surface area contributed by atoms with Crippen LogP contribution in [0.25, 0.3) is 0 Å². The minimum absolute atomic E-state index is 0.0843. The Morgan fingerprint density at radius 2 is 2.15 bits per heavy atom. The molecule has 1 aliphatic heterocycles. The van der Waals surface area contributed by atoms with Gasteiger partial charge >= 0.3 is 0 Å². The molecule has 1 aromatic carbocycles. The molecule has 0 unspecified atom stereocenters. The van der Waals surface area contributed by atoms with Crippen molar-refractivity contribution in [3.05, 3.63) is 28.8 Å². The Balaban J connectivity index is 2.40. The molecule has 1 heterocycles. The molecule has 2 nitrogen and oxygen atoms in total. The Bertz CT molecular complexity index is 349. The Morgan fingerprint density at radius 1 is 1.31 bits per heavy atom. The summed E-state index contributed by atoms with van der Waals surface area (Å²) in [4.78, 5) is 11.2. The predicted octanol–water partition coefficient (Wildman–Crippen LogP) is 2.61. The van der Waals surface area contributed by atoms with Gasteiger partial charge in [0.25, 0.3) is 0 Å². The zero-order chi connectivity index (χ0) is 9.26. The molecule has 3 heteroatoms. The number of nitrogens with one attached hydrogen (secondary N) is 1. The minimum Gasteiger partial charge on any atom is -0.326 e. The van der Waals surface area contributed by atoms with Crippen LogP contribution < -0.4 is 5.32 Å². The van der Waals surface area contributed by atoms with Crippen molar-refractivity contribution in [1.82, 2.24) is 0 Å². The maximum absolute atomic E-state index is 11.2. The van der Waals surface area contributed by atoms with Gasteiger partial charge in [-0.15, -0.1) is 0 Å². The highest BCUT2D eigenvalue weighted by molar-refractivity contribution is 6.31. The number of rotatable bonds is 0. The number of benzene rings is 1. The summed E-state index contributed by atoms with van der Waals surface area (Å²) in [5.41, 5.74) is 2.05. The molecule has 1 aromatic rings. The smallest absolute Gasteiger partial charge is 0.224 e. The second-order valence-electron chi connectivity index (χ2n) is 3.20. The summed E-state index contributed by atoms with van der Waals surface area (Å²) in [6, 6.07) is 5.64. The standard InChI is InChI=1S/C10H10ClNO/c11-8-5-4-7-2-1-3-10(13)12-9(7)6-8/h4-6H,1-3H2,(H,12,13). The van der Waals surface area contributed by atoms with Crippen LogP contribution in [0.1, 0.15) is 18.4 Å². The number of aryl methyl sites for hydroxylation is 1. The van der Waals surface area contributed by atoms with Crippen molar-refractivity contribution in [3.8, 4) is 0 Å². The van der Waals surface area contributed by atoms with E-state index in [9.17, 15) is 4.79 Å². The van der Waals surface area contributed by atoms with E-state index in [0.29, 0.717) is 11.4 Å². The molecule has 0 aliphatic carbocycles. The highest BCUT2D eigenvalue weighted by Crippen LogP contribution is 2.25. The van der Waals surface area contributed by atoms with E-state index in [4.69, 9.17) is 11.6 Å². The van der Waals surface area contributed by atoms with Crippen molar-refractivity contribution in [3.63, 3.8) is 0 Å². The number of hydrogen-bond acceptors (Lipinski definition) is 1. The molecular formula is C10H10ClNO. The zero-order valence-electron chi connectivity index (χ0n) is 7.14. The molecule has 0 saturated carbocycles. The van der Waals surface area contributed by atoms with Gasteiger partial charge in [0.2, 0.25) is 5.91 Å². The van der Waals surface area contributed by atoms with Gasteiger partial charge in [0, 0.05) is 17.1 Å². The quantitative estimate of drug-likeness (QED) is 0.678. The van der Waals surface area contributed by atoms with Crippen LogP contribution in [0.2, 0.25) is 5.02 Å². The molecule has 1 N–H and O–H groups in total. The number of anilines is 1. The molecule has 0 atom stereocenters. The lowest BCUT2D eigenvalue weighted by Gasteiger charge is -2.05. The van der Waals surface area contributed by atoms with Crippen LogP contribution in [0.15, 0.2) is 18.2 Å². The molecule has 68 valence electrons. The average Bonchev–Trinajstić information content (AvgIpc) is 2.25. The van der Waals surface area contributed by atoms with Crippen LogP contribution >= 0.6 is 11.6 Å². The Kier molecular flexibility index (Phi) is 2.23. The van der Waals surface area contributed by atoms with Crippen LogP contribution in [0.4, 0.5) is 5.69 Å². The Labute approximate surface area is 81.9 Å².